The molecule has 6 nitrogen and oxygen atoms in total. The summed E-state index contributed by atoms with van der Waals surface area (Å²) in [6.07, 6.45) is 2.74. The topological polar surface area (TPSA) is 121 Å². The Morgan fingerprint density at radius 1 is 0.853 bits per heavy atom. The Bertz CT molecular complexity index is 732. The van der Waals surface area contributed by atoms with E-state index in [-0.39, 0.29) is 48.0 Å². The van der Waals surface area contributed by atoms with E-state index < -0.39 is 41.3 Å². The molecule has 4 aliphatic rings. The van der Waals surface area contributed by atoms with Gasteiger partial charge in [-0.1, -0.05) is 47.5 Å². The van der Waals surface area contributed by atoms with Gasteiger partial charge in [-0.3, -0.25) is 0 Å². The predicted octanol–water partition coefficient (Wildman–Crippen LogP) is 2.71. The van der Waals surface area contributed by atoms with Crippen molar-refractivity contribution in [2.45, 2.75) is 116 Å². The van der Waals surface area contributed by atoms with Gasteiger partial charge >= 0.3 is 0 Å². The van der Waals surface area contributed by atoms with Crippen LogP contribution in [-0.4, -0.2) is 67.3 Å². The van der Waals surface area contributed by atoms with Crippen molar-refractivity contribution in [3.05, 3.63) is 0 Å². The number of aliphatic hydroxyl groups is 6. The highest BCUT2D eigenvalue weighted by atomic mass is 16.3. The summed E-state index contributed by atoms with van der Waals surface area (Å²) in [7, 11) is 0. The summed E-state index contributed by atoms with van der Waals surface area (Å²) >= 11 is 0. The van der Waals surface area contributed by atoms with Gasteiger partial charge in [-0.25, -0.2) is 0 Å². The van der Waals surface area contributed by atoms with E-state index in [2.05, 4.69) is 34.6 Å². The van der Waals surface area contributed by atoms with Crippen LogP contribution in [0.25, 0.3) is 0 Å². The molecule has 0 radical (unpaired) electrons. The lowest BCUT2D eigenvalue weighted by atomic mass is 9.42. The van der Waals surface area contributed by atoms with Crippen LogP contribution in [0.4, 0.5) is 0 Å². The Morgan fingerprint density at radius 2 is 1.50 bits per heavy atom. The molecule has 0 aromatic rings. The summed E-state index contributed by atoms with van der Waals surface area (Å²) in [6, 6.07) is 0. The van der Waals surface area contributed by atoms with Gasteiger partial charge in [0.2, 0.25) is 0 Å². The molecular formula is C28H50O6. The van der Waals surface area contributed by atoms with Crippen LogP contribution in [0.2, 0.25) is 0 Å². The van der Waals surface area contributed by atoms with Crippen LogP contribution in [-0.2, 0) is 0 Å². The average Bonchev–Trinajstić information content (AvgIpc) is 2.98. The van der Waals surface area contributed by atoms with Crippen LogP contribution < -0.4 is 0 Å². The maximum Gasteiger partial charge on any atom is 0.0863 e. The van der Waals surface area contributed by atoms with E-state index in [0.717, 1.165) is 32.1 Å². The quantitative estimate of drug-likeness (QED) is 0.346. The molecule has 6 N–H and O–H groups in total. The van der Waals surface area contributed by atoms with Crippen molar-refractivity contribution in [2.75, 3.05) is 6.61 Å². The lowest BCUT2D eigenvalue weighted by Gasteiger charge is -2.65. The number of rotatable bonds is 6. The zero-order valence-corrected chi connectivity index (χ0v) is 21.9. The molecule has 0 heterocycles. The minimum absolute atomic E-state index is 0.0425. The second-order valence-electron chi connectivity index (χ2n) is 13.6. The molecule has 4 fully saturated rings. The van der Waals surface area contributed by atoms with Gasteiger partial charge in [0.25, 0.3) is 0 Å². The first-order valence-corrected chi connectivity index (χ1v) is 13.9. The molecule has 198 valence electrons. The first-order valence-electron chi connectivity index (χ1n) is 13.9. The summed E-state index contributed by atoms with van der Waals surface area (Å²) in [6.45, 7) is 10.9. The number of fused-ring (bicyclic) bond motifs is 5. The summed E-state index contributed by atoms with van der Waals surface area (Å²) in [5.74, 6) is 0.0945. The summed E-state index contributed by atoms with van der Waals surface area (Å²) in [5, 5.41) is 66.1. The van der Waals surface area contributed by atoms with Crippen LogP contribution in [0, 0.1) is 52.3 Å². The second kappa shape index (κ2) is 9.25. The van der Waals surface area contributed by atoms with E-state index in [1.807, 2.05) is 0 Å². The third kappa shape index (κ3) is 3.90. The predicted molar refractivity (Wildman–Crippen MR) is 131 cm³/mol. The molecular weight excluding hydrogens is 432 g/mol. The smallest absolute Gasteiger partial charge is 0.0863 e. The van der Waals surface area contributed by atoms with Gasteiger partial charge in [-0.05, 0) is 78.4 Å². The molecule has 0 aliphatic heterocycles. The van der Waals surface area contributed by atoms with Crippen molar-refractivity contribution < 1.29 is 30.6 Å². The van der Waals surface area contributed by atoms with Crippen molar-refractivity contribution in [2.24, 2.45) is 52.3 Å². The van der Waals surface area contributed by atoms with Crippen molar-refractivity contribution in [3.8, 4) is 0 Å². The number of hydrogen-bond donors (Lipinski definition) is 6. The molecule has 0 spiro atoms. The third-order valence-electron chi connectivity index (χ3n) is 11.8. The van der Waals surface area contributed by atoms with Gasteiger partial charge in [0, 0.05) is 18.9 Å². The van der Waals surface area contributed by atoms with Crippen LogP contribution in [0.1, 0.15) is 86.0 Å². The Hall–Kier alpha value is -0.240. The molecule has 6 heteroatoms. The summed E-state index contributed by atoms with van der Waals surface area (Å²) in [5.41, 5.74) is -1.92. The Balaban J connectivity index is 1.61. The van der Waals surface area contributed by atoms with E-state index in [1.165, 1.54) is 0 Å². The highest BCUT2D eigenvalue weighted by Crippen LogP contribution is 2.69. The van der Waals surface area contributed by atoms with Crippen molar-refractivity contribution in [3.63, 3.8) is 0 Å². The Kier molecular flexibility index (Phi) is 7.30. The van der Waals surface area contributed by atoms with Gasteiger partial charge in [0.15, 0.2) is 0 Å². The lowest BCUT2D eigenvalue weighted by Crippen LogP contribution is -2.68. The monoisotopic (exact) mass is 482 g/mol. The van der Waals surface area contributed by atoms with E-state index in [1.54, 1.807) is 0 Å². The normalized spacial score (nSPS) is 53.4. The zero-order chi connectivity index (χ0) is 25.2. The Morgan fingerprint density at radius 3 is 2.15 bits per heavy atom. The molecule has 14 atom stereocenters. The molecule has 4 rings (SSSR count). The minimum Gasteiger partial charge on any atom is -0.396 e. The van der Waals surface area contributed by atoms with E-state index in [9.17, 15) is 30.6 Å². The van der Waals surface area contributed by atoms with Crippen molar-refractivity contribution in [1.29, 1.82) is 0 Å². The zero-order valence-electron chi connectivity index (χ0n) is 21.9. The standard InChI is InChI=1S/C28H50O6/c1-15(17(3)14-29)6-7-16(2)22-23(32)24(33)25-27(22,5)11-9-21-26(4)10-8-18(30)12-19(26)20(31)13-28(21,25)34/h15-25,29-34H,6-14H2,1-5H3/t15?,16-,17?,18+,19-,20+,21?,22+,23-,24+,25?,26+,27-,28+/m1/s1. The second-order valence-corrected chi connectivity index (χ2v) is 13.6. The number of hydrogen-bond acceptors (Lipinski definition) is 6. The molecule has 4 aliphatic carbocycles. The average molecular weight is 483 g/mol. The van der Waals surface area contributed by atoms with Crippen LogP contribution in [0.5, 0.6) is 0 Å². The largest absolute Gasteiger partial charge is 0.396 e. The molecule has 0 aromatic heterocycles. The summed E-state index contributed by atoms with van der Waals surface area (Å²) in [4.78, 5) is 0. The van der Waals surface area contributed by atoms with Gasteiger partial charge in [-0.15, -0.1) is 0 Å². The molecule has 0 amide bonds. The van der Waals surface area contributed by atoms with Crippen LogP contribution in [0.15, 0.2) is 0 Å². The molecule has 4 saturated carbocycles. The molecule has 4 unspecified atom stereocenters. The van der Waals surface area contributed by atoms with Crippen LogP contribution >= 0.6 is 0 Å². The SMILES string of the molecule is CC(CO)C(C)CC[C@@H](C)[C@H]1[C@@H](O)[C@H](O)C2[C@]3(O)C[C@H](O)[C@H]4C[C@@H](O)CC[C@]4(C)C3CC[C@@]21C. The van der Waals surface area contributed by atoms with E-state index in [0.29, 0.717) is 18.8 Å². The molecule has 0 saturated heterocycles. The molecule has 0 bridgehead atoms. The van der Waals surface area contributed by atoms with Crippen molar-refractivity contribution in [1.82, 2.24) is 0 Å². The highest BCUT2D eigenvalue weighted by molar-refractivity contribution is 5.21. The van der Waals surface area contributed by atoms with Gasteiger partial charge < -0.3 is 30.6 Å². The van der Waals surface area contributed by atoms with Gasteiger partial charge in [0.1, 0.15) is 0 Å². The maximum atomic E-state index is 12.4. The maximum absolute atomic E-state index is 12.4. The minimum atomic E-state index is -1.23. The van der Waals surface area contributed by atoms with Crippen molar-refractivity contribution >= 4 is 0 Å². The first kappa shape index (κ1) is 26.8. The lowest BCUT2D eigenvalue weighted by molar-refractivity contribution is -0.264. The van der Waals surface area contributed by atoms with Crippen LogP contribution in [0.3, 0.4) is 0 Å². The fourth-order valence-corrected chi connectivity index (χ4v) is 9.68. The molecule has 0 aromatic carbocycles. The highest BCUT2D eigenvalue weighted by Gasteiger charge is 2.72. The van der Waals surface area contributed by atoms with Gasteiger partial charge in [0.05, 0.1) is 30.0 Å². The van der Waals surface area contributed by atoms with E-state index in [4.69, 9.17) is 0 Å². The van der Waals surface area contributed by atoms with E-state index >= 15 is 0 Å². The molecule has 34 heavy (non-hydrogen) atoms. The number of aliphatic hydroxyl groups excluding tert-OH is 5. The Labute approximate surface area is 205 Å². The fraction of sp³-hybridized carbons (Fsp3) is 1.00. The third-order valence-corrected chi connectivity index (χ3v) is 11.8. The summed E-state index contributed by atoms with van der Waals surface area (Å²) < 4.78 is 0. The van der Waals surface area contributed by atoms with Gasteiger partial charge in [-0.2, -0.15) is 0 Å². The first-order chi connectivity index (χ1) is 15.8. The fourth-order valence-electron chi connectivity index (χ4n) is 9.68.